The molecule has 4 N–H and O–H groups in total. The van der Waals surface area contributed by atoms with Gasteiger partial charge in [-0.15, -0.1) is 0 Å². The van der Waals surface area contributed by atoms with Crippen LogP contribution in [0.3, 0.4) is 0 Å². The fraction of sp³-hybridized carbons (Fsp3) is 0.583. The van der Waals surface area contributed by atoms with Crippen molar-refractivity contribution >= 4 is 28.7 Å². The predicted octanol–water partition coefficient (Wildman–Crippen LogP) is 2.32. The van der Waals surface area contributed by atoms with Gasteiger partial charge in [-0.2, -0.15) is 0 Å². The maximum absolute atomic E-state index is 12.5. The molecule has 1 aliphatic carbocycles. The molecule has 9 heteroatoms. The lowest BCUT2D eigenvalue weighted by Crippen LogP contribution is -2.53. The zero-order valence-corrected chi connectivity index (χ0v) is 19.6. The smallest absolute Gasteiger partial charge is 0.317 e. The summed E-state index contributed by atoms with van der Waals surface area (Å²) in [6.45, 7) is 7.41. The lowest BCUT2D eigenvalue weighted by Gasteiger charge is -2.35. The van der Waals surface area contributed by atoms with Crippen LogP contribution in [0.1, 0.15) is 45.4 Å². The van der Waals surface area contributed by atoms with E-state index in [-0.39, 0.29) is 11.9 Å². The van der Waals surface area contributed by atoms with Crippen molar-refractivity contribution in [3.8, 4) is 0 Å². The minimum atomic E-state index is -0.516. The molecule has 9 nitrogen and oxygen atoms in total. The second-order valence-electron chi connectivity index (χ2n) is 9.47. The van der Waals surface area contributed by atoms with E-state index in [1.54, 1.807) is 0 Å². The Kier molecular flexibility index (Phi) is 7.27. The minimum Gasteiger partial charge on any atom is -0.368 e. The number of para-hydroxylation sites is 1. The van der Waals surface area contributed by atoms with E-state index in [9.17, 15) is 9.59 Å². The summed E-state index contributed by atoms with van der Waals surface area (Å²) < 4.78 is 0. The number of piperazine rings is 1. The molecule has 0 radical (unpaired) electrons. The van der Waals surface area contributed by atoms with Gasteiger partial charge in [0.05, 0.1) is 12.1 Å². The number of anilines is 1. The van der Waals surface area contributed by atoms with Crippen molar-refractivity contribution in [2.45, 2.75) is 58.2 Å². The van der Waals surface area contributed by atoms with Crippen LogP contribution >= 0.6 is 0 Å². The molecule has 33 heavy (non-hydrogen) atoms. The van der Waals surface area contributed by atoms with E-state index < -0.39 is 11.9 Å². The largest absolute Gasteiger partial charge is 0.368 e. The summed E-state index contributed by atoms with van der Waals surface area (Å²) in [4.78, 5) is 38.2. The van der Waals surface area contributed by atoms with Crippen LogP contribution in [0.25, 0.3) is 10.9 Å². The van der Waals surface area contributed by atoms with Gasteiger partial charge in [0.25, 0.3) is 0 Å². The number of nitrogens with one attached hydrogen (secondary N) is 2. The summed E-state index contributed by atoms with van der Waals surface area (Å²) >= 11 is 0. The minimum absolute atomic E-state index is 0.0307. The monoisotopic (exact) mass is 453 g/mol. The molecular formula is C24H35N7O2. The molecule has 1 saturated carbocycles. The average Bonchev–Trinajstić information content (AvgIpc) is 3.30. The van der Waals surface area contributed by atoms with Crippen LogP contribution < -0.4 is 16.4 Å². The Balaban J connectivity index is 1.42. The summed E-state index contributed by atoms with van der Waals surface area (Å²) in [7, 11) is 0. The molecule has 3 amide bonds. The topological polar surface area (TPSA) is 116 Å². The zero-order valence-electron chi connectivity index (χ0n) is 19.6. The average molecular weight is 454 g/mol. The Morgan fingerprint density at radius 3 is 2.45 bits per heavy atom. The number of nitrogens with zero attached hydrogens (tertiary/aromatic N) is 4. The van der Waals surface area contributed by atoms with Crippen LogP contribution in [0.15, 0.2) is 24.3 Å². The van der Waals surface area contributed by atoms with Crippen LogP contribution in [0, 0.1) is 5.92 Å². The van der Waals surface area contributed by atoms with Gasteiger partial charge < -0.3 is 21.3 Å². The predicted molar refractivity (Wildman–Crippen MR) is 129 cm³/mol. The van der Waals surface area contributed by atoms with Crippen molar-refractivity contribution in [2.24, 2.45) is 11.7 Å². The zero-order chi connectivity index (χ0) is 23.4. The van der Waals surface area contributed by atoms with Gasteiger partial charge in [0.2, 0.25) is 5.91 Å². The summed E-state index contributed by atoms with van der Waals surface area (Å²) in [5.74, 6) is 0.944. The number of rotatable bonds is 7. The fourth-order valence-electron chi connectivity index (χ4n) is 4.66. The van der Waals surface area contributed by atoms with Crippen LogP contribution in [-0.2, 0) is 11.3 Å². The van der Waals surface area contributed by atoms with Crippen LogP contribution in [-0.4, -0.2) is 70.0 Å². The second kappa shape index (κ2) is 10.3. The molecule has 178 valence electrons. The van der Waals surface area contributed by atoms with Gasteiger partial charge >= 0.3 is 6.03 Å². The van der Waals surface area contributed by atoms with Gasteiger partial charge in [0, 0.05) is 37.6 Å². The van der Waals surface area contributed by atoms with E-state index in [0.717, 1.165) is 36.8 Å². The number of nitrogens with two attached hydrogens (primary N) is 1. The maximum atomic E-state index is 12.5. The first-order valence-electron chi connectivity index (χ1n) is 12.0. The van der Waals surface area contributed by atoms with Crippen molar-refractivity contribution in [2.75, 3.05) is 31.5 Å². The summed E-state index contributed by atoms with van der Waals surface area (Å²) in [5.41, 5.74) is 6.44. The van der Waals surface area contributed by atoms with E-state index in [0.29, 0.717) is 37.3 Å². The number of hydrogen-bond acceptors (Lipinski definition) is 6. The molecule has 1 aliphatic heterocycles. The number of benzene rings is 1. The Morgan fingerprint density at radius 1 is 1.09 bits per heavy atom. The SMILES string of the molecule is CC(C)[C@H](Nc1nc(CN2CCN(C(=O)NC3CCCC3)CC2)nc2ccccc12)C(N)=O. The second-order valence-corrected chi connectivity index (χ2v) is 9.47. The van der Waals surface area contributed by atoms with Gasteiger partial charge in [-0.3, -0.25) is 9.69 Å². The molecule has 4 rings (SSSR count). The third kappa shape index (κ3) is 5.71. The van der Waals surface area contributed by atoms with E-state index in [1.165, 1.54) is 12.8 Å². The molecule has 1 aromatic carbocycles. The van der Waals surface area contributed by atoms with Crippen molar-refractivity contribution in [3.05, 3.63) is 30.1 Å². The molecule has 0 bridgehead atoms. The Hall–Kier alpha value is -2.94. The van der Waals surface area contributed by atoms with Crippen LogP contribution in [0.5, 0.6) is 0 Å². The van der Waals surface area contributed by atoms with Crippen molar-refractivity contribution < 1.29 is 9.59 Å². The highest BCUT2D eigenvalue weighted by atomic mass is 16.2. The molecule has 0 spiro atoms. The first-order chi connectivity index (χ1) is 15.9. The lowest BCUT2D eigenvalue weighted by atomic mass is 10.0. The normalized spacial score (nSPS) is 18.6. The van der Waals surface area contributed by atoms with Crippen LogP contribution in [0.4, 0.5) is 10.6 Å². The standard InChI is InChI=1S/C24H35N7O2/c1-16(2)21(22(25)32)29-23-18-9-5-6-10-19(18)27-20(28-23)15-30-11-13-31(14-12-30)24(33)26-17-7-3-4-8-17/h5-6,9-10,16-17,21H,3-4,7-8,11-15H2,1-2H3,(H2,25,32)(H,26,33)(H,27,28,29)/t21-/m0/s1. The highest BCUT2D eigenvalue weighted by molar-refractivity contribution is 5.91. The summed E-state index contributed by atoms with van der Waals surface area (Å²) in [6, 6.07) is 7.65. The molecule has 2 fully saturated rings. The first-order valence-corrected chi connectivity index (χ1v) is 12.0. The van der Waals surface area contributed by atoms with E-state index in [2.05, 4.69) is 15.5 Å². The molecule has 0 unspecified atom stereocenters. The highest BCUT2D eigenvalue weighted by Gasteiger charge is 2.26. The Bertz CT molecular complexity index is 982. The number of carbonyl (C=O) groups is 2. The molecule has 2 aliphatic rings. The number of fused-ring (bicyclic) bond motifs is 1. The molecule has 2 aromatic rings. The Morgan fingerprint density at radius 2 is 1.79 bits per heavy atom. The molecular weight excluding hydrogens is 418 g/mol. The molecule has 2 heterocycles. The summed E-state index contributed by atoms with van der Waals surface area (Å²) in [5, 5.41) is 7.29. The van der Waals surface area contributed by atoms with Gasteiger partial charge in [-0.25, -0.2) is 14.8 Å². The fourth-order valence-corrected chi connectivity index (χ4v) is 4.66. The lowest BCUT2D eigenvalue weighted by molar-refractivity contribution is -0.119. The molecule has 1 saturated heterocycles. The van der Waals surface area contributed by atoms with Crippen LogP contribution in [0.2, 0.25) is 0 Å². The van der Waals surface area contributed by atoms with Crippen molar-refractivity contribution in [1.29, 1.82) is 0 Å². The molecule has 1 atom stereocenters. The third-order valence-corrected chi connectivity index (χ3v) is 6.62. The van der Waals surface area contributed by atoms with Crippen molar-refractivity contribution in [3.63, 3.8) is 0 Å². The third-order valence-electron chi connectivity index (χ3n) is 6.62. The number of carbonyl (C=O) groups excluding carboxylic acids is 2. The first kappa shape index (κ1) is 23.2. The number of primary amides is 1. The molecule has 1 aromatic heterocycles. The van der Waals surface area contributed by atoms with E-state index in [1.807, 2.05) is 43.0 Å². The number of amides is 3. The number of hydrogen-bond donors (Lipinski definition) is 3. The summed E-state index contributed by atoms with van der Waals surface area (Å²) in [6.07, 6.45) is 4.60. The van der Waals surface area contributed by atoms with Gasteiger partial charge in [0.15, 0.2) is 0 Å². The van der Waals surface area contributed by atoms with E-state index in [4.69, 9.17) is 15.7 Å². The van der Waals surface area contributed by atoms with Crippen molar-refractivity contribution in [1.82, 2.24) is 25.1 Å². The van der Waals surface area contributed by atoms with Gasteiger partial charge in [-0.1, -0.05) is 38.8 Å². The van der Waals surface area contributed by atoms with Gasteiger partial charge in [-0.05, 0) is 30.9 Å². The van der Waals surface area contributed by atoms with E-state index >= 15 is 0 Å². The Labute approximate surface area is 195 Å². The quantitative estimate of drug-likeness (QED) is 0.592. The number of urea groups is 1. The van der Waals surface area contributed by atoms with Gasteiger partial charge in [0.1, 0.15) is 17.7 Å². The highest BCUT2D eigenvalue weighted by Crippen LogP contribution is 2.23. The maximum Gasteiger partial charge on any atom is 0.317 e. The number of aromatic nitrogens is 2.